The molecule has 0 radical (unpaired) electrons. The number of hydrogen-bond acceptors (Lipinski definition) is 7. The van der Waals surface area contributed by atoms with Crippen LogP contribution in [-0.4, -0.2) is 87.3 Å². The summed E-state index contributed by atoms with van der Waals surface area (Å²) in [6.45, 7) is 8.57. The number of nitrogens with zero attached hydrogens (tertiary/aromatic N) is 2. The third-order valence-electron chi connectivity index (χ3n) is 10.2. The molecule has 0 spiro atoms. The van der Waals surface area contributed by atoms with Crippen LogP contribution in [0.25, 0.3) is 0 Å². The number of allylic oxidation sites excluding steroid dienone is 1. The molecule has 2 saturated carbocycles. The molecule has 50 heavy (non-hydrogen) atoms. The first-order valence-corrected chi connectivity index (χ1v) is 19.1. The summed E-state index contributed by atoms with van der Waals surface area (Å²) in [6.07, 6.45) is 9.19. The van der Waals surface area contributed by atoms with Gasteiger partial charge in [0.2, 0.25) is 11.8 Å². The molecule has 6 atom stereocenters. The van der Waals surface area contributed by atoms with Crippen molar-refractivity contribution in [2.24, 2.45) is 5.92 Å². The van der Waals surface area contributed by atoms with Gasteiger partial charge in [0.25, 0.3) is 5.91 Å². The minimum Gasteiger partial charge on any atom is -0.444 e. The summed E-state index contributed by atoms with van der Waals surface area (Å²) < 4.78 is 9.01. The lowest BCUT2D eigenvalue weighted by Crippen LogP contribution is -2.58. The third-order valence-corrected chi connectivity index (χ3v) is 11.4. The van der Waals surface area contributed by atoms with Crippen molar-refractivity contribution >= 4 is 41.8 Å². The Hall–Kier alpha value is -3.74. The summed E-state index contributed by atoms with van der Waals surface area (Å²) in [5.41, 5.74) is 0.645. The zero-order chi connectivity index (χ0) is 35.6. The van der Waals surface area contributed by atoms with E-state index >= 15 is 0 Å². The molecule has 6 rings (SSSR count). The Labute approximate surface area is 299 Å². The highest BCUT2D eigenvalue weighted by Gasteiger charge is 2.61. The van der Waals surface area contributed by atoms with Crippen LogP contribution in [0.2, 0.25) is 0 Å². The number of ether oxygens (including phenoxy) is 1. The molecule has 1 saturated heterocycles. The average Bonchev–Trinajstić information content (AvgIpc) is 3.97. The summed E-state index contributed by atoms with van der Waals surface area (Å²) in [5, 5.41) is 9.20. The number of urea groups is 1. The third kappa shape index (κ3) is 8.58. The molecule has 1 aromatic rings. The van der Waals surface area contributed by atoms with E-state index in [4.69, 9.17) is 4.74 Å². The van der Waals surface area contributed by atoms with Crippen LogP contribution in [0.15, 0.2) is 36.4 Å². The van der Waals surface area contributed by atoms with Crippen LogP contribution in [0, 0.1) is 5.92 Å². The molecule has 272 valence electrons. The van der Waals surface area contributed by atoms with Crippen LogP contribution in [0.3, 0.4) is 0 Å². The van der Waals surface area contributed by atoms with E-state index < -0.39 is 53.2 Å². The minimum atomic E-state index is -1.11. The molecule has 3 aliphatic heterocycles. The Bertz CT molecular complexity index is 1510. The standard InChI is InChI=1S/C37H52N6O6S/c1-23-20-42(21-24-12-10-11-14-28(23)24)35(48)49-26-18-30-31(44)39-37(33(46)41-50-27-16-17-27)19-25(37)13-8-6-5-7-9-15-29(32(45)43(30)22-26)38-34(47)40-36(2,3)4/h8,10-14,23,25-27,29-30H,5-7,9,15-22H2,1-4H3,(H,39,44)(H,41,46)(H2,38,40,47)/b13-8-/t23?,25-,26-,29+,30+,37-/m1/s1. The molecular weight excluding hydrogens is 657 g/mol. The predicted molar refractivity (Wildman–Crippen MR) is 191 cm³/mol. The molecule has 13 heteroatoms. The van der Waals surface area contributed by atoms with E-state index in [2.05, 4.69) is 39.7 Å². The van der Waals surface area contributed by atoms with Gasteiger partial charge in [-0.3, -0.25) is 19.1 Å². The fraction of sp³-hybridized carbons (Fsp3) is 0.649. The highest BCUT2D eigenvalue weighted by atomic mass is 32.2. The topological polar surface area (TPSA) is 149 Å². The predicted octanol–water partition coefficient (Wildman–Crippen LogP) is 4.50. The van der Waals surface area contributed by atoms with Crippen molar-refractivity contribution in [2.45, 2.75) is 132 Å². The summed E-state index contributed by atoms with van der Waals surface area (Å²) in [7, 11) is 0. The van der Waals surface area contributed by atoms with E-state index in [1.807, 2.05) is 45.0 Å². The van der Waals surface area contributed by atoms with Crippen molar-refractivity contribution in [3.8, 4) is 0 Å². The molecular formula is C37H52N6O6S. The zero-order valence-corrected chi connectivity index (χ0v) is 30.5. The second-order valence-electron chi connectivity index (χ2n) is 15.7. The number of amides is 6. The maximum absolute atomic E-state index is 14.4. The molecule has 0 aromatic heterocycles. The second kappa shape index (κ2) is 14.9. The molecule has 4 N–H and O–H groups in total. The number of benzene rings is 1. The Kier molecular flexibility index (Phi) is 10.7. The normalized spacial score (nSPS) is 30.7. The largest absolute Gasteiger partial charge is 0.444 e. The van der Waals surface area contributed by atoms with Crippen molar-refractivity contribution in [1.29, 1.82) is 0 Å². The molecule has 12 nitrogen and oxygen atoms in total. The van der Waals surface area contributed by atoms with Gasteiger partial charge in [-0.1, -0.05) is 56.2 Å². The SMILES string of the molecule is CC1CN(C(=O)O[C@@H]2C[C@H]3C(=O)N[C@]4(C(=O)NSC5CC5)C[C@H]4/C=C\CCCCC[C@H](NC(=O)NC(C)(C)C)C(=O)N3C2)Cc2ccccc21. The van der Waals surface area contributed by atoms with Crippen molar-refractivity contribution in [3.63, 3.8) is 0 Å². The van der Waals surface area contributed by atoms with E-state index in [0.717, 1.165) is 37.7 Å². The van der Waals surface area contributed by atoms with Crippen molar-refractivity contribution in [1.82, 2.24) is 30.5 Å². The molecule has 5 aliphatic rings. The minimum absolute atomic E-state index is 0.00176. The molecule has 2 aliphatic carbocycles. The zero-order valence-electron chi connectivity index (χ0n) is 29.7. The van der Waals surface area contributed by atoms with E-state index in [1.165, 1.54) is 22.4 Å². The fourth-order valence-corrected chi connectivity index (χ4v) is 8.16. The fourth-order valence-electron chi connectivity index (χ4n) is 7.33. The number of hydrogen-bond donors (Lipinski definition) is 4. The molecule has 1 unspecified atom stereocenters. The van der Waals surface area contributed by atoms with Gasteiger partial charge in [-0.15, -0.1) is 0 Å². The van der Waals surface area contributed by atoms with Crippen LogP contribution in [0.5, 0.6) is 0 Å². The van der Waals surface area contributed by atoms with Crippen molar-refractivity contribution < 1.29 is 28.7 Å². The van der Waals surface area contributed by atoms with Crippen LogP contribution in [-0.2, 0) is 25.7 Å². The molecule has 0 bridgehead atoms. The lowest BCUT2D eigenvalue weighted by atomic mass is 9.91. The summed E-state index contributed by atoms with van der Waals surface area (Å²) >= 11 is 1.41. The lowest BCUT2D eigenvalue weighted by molar-refractivity contribution is -0.141. The number of rotatable bonds is 5. The first-order valence-electron chi connectivity index (χ1n) is 18.2. The van der Waals surface area contributed by atoms with E-state index in [-0.39, 0.29) is 30.7 Å². The molecule has 6 amide bonds. The molecule has 1 aromatic carbocycles. The van der Waals surface area contributed by atoms with Gasteiger partial charge >= 0.3 is 12.1 Å². The number of carbonyl (C=O) groups excluding carboxylic acids is 5. The number of fused-ring (bicyclic) bond motifs is 3. The van der Waals surface area contributed by atoms with Crippen LogP contribution in [0.1, 0.15) is 103 Å². The van der Waals surface area contributed by atoms with E-state index in [9.17, 15) is 24.0 Å². The van der Waals surface area contributed by atoms with Gasteiger partial charge in [0.05, 0.1) is 6.54 Å². The maximum atomic E-state index is 14.4. The van der Waals surface area contributed by atoms with Crippen LogP contribution >= 0.6 is 11.9 Å². The number of carbonyl (C=O) groups is 5. The molecule has 3 heterocycles. The first-order chi connectivity index (χ1) is 23.8. The van der Waals surface area contributed by atoms with Gasteiger partial charge in [-0.25, -0.2) is 9.59 Å². The Balaban J connectivity index is 1.23. The quantitative estimate of drug-likeness (QED) is 0.260. The van der Waals surface area contributed by atoms with Crippen LogP contribution in [0.4, 0.5) is 9.59 Å². The lowest BCUT2D eigenvalue weighted by Gasteiger charge is -2.33. The van der Waals surface area contributed by atoms with Crippen molar-refractivity contribution in [3.05, 3.63) is 47.5 Å². The summed E-state index contributed by atoms with van der Waals surface area (Å²) in [5.74, 6) is -1.14. The first kappa shape index (κ1) is 36.1. The van der Waals surface area contributed by atoms with Crippen LogP contribution < -0.4 is 20.7 Å². The summed E-state index contributed by atoms with van der Waals surface area (Å²) in [4.78, 5) is 71.9. The Morgan fingerprint density at radius 3 is 2.58 bits per heavy atom. The van der Waals surface area contributed by atoms with Gasteiger partial charge in [-0.05, 0) is 88.3 Å². The second-order valence-corrected chi connectivity index (χ2v) is 16.8. The van der Waals surface area contributed by atoms with E-state index in [1.54, 1.807) is 4.90 Å². The monoisotopic (exact) mass is 708 g/mol. The van der Waals surface area contributed by atoms with Crippen molar-refractivity contribution in [2.75, 3.05) is 13.1 Å². The number of nitrogens with one attached hydrogen (secondary N) is 4. The molecule has 3 fully saturated rings. The highest BCUT2D eigenvalue weighted by Crippen LogP contribution is 2.46. The van der Waals surface area contributed by atoms with Gasteiger partial charge in [0.15, 0.2) is 0 Å². The highest BCUT2D eigenvalue weighted by molar-refractivity contribution is 7.98. The Morgan fingerprint density at radius 1 is 1.04 bits per heavy atom. The van der Waals surface area contributed by atoms with Gasteiger partial charge in [0, 0.05) is 36.2 Å². The van der Waals surface area contributed by atoms with Gasteiger partial charge < -0.3 is 30.5 Å². The van der Waals surface area contributed by atoms with Gasteiger partial charge in [-0.2, -0.15) is 0 Å². The summed E-state index contributed by atoms with van der Waals surface area (Å²) in [6, 6.07) is 5.70. The Morgan fingerprint density at radius 2 is 1.82 bits per heavy atom. The maximum Gasteiger partial charge on any atom is 0.410 e. The van der Waals surface area contributed by atoms with E-state index in [0.29, 0.717) is 37.6 Å². The average molecular weight is 709 g/mol. The van der Waals surface area contributed by atoms with Gasteiger partial charge in [0.1, 0.15) is 23.7 Å². The smallest absolute Gasteiger partial charge is 0.410 e.